The van der Waals surface area contributed by atoms with Gasteiger partial charge in [-0.15, -0.1) is 4.73 Å². The number of benzene rings is 1. The van der Waals surface area contributed by atoms with E-state index in [2.05, 4.69) is 4.99 Å². The summed E-state index contributed by atoms with van der Waals surface area (Å²) in [5.74, 6) is -1.20. The molecule has 2 aromatic rings. The van der Waals surface area contributed by atoms with Crippen molar-refractivity contribution >= 4 is 11.4 Å². The molecule has 1 heterocycles. The molecule has 110 valence electrons. The van der Waals surface area contributed by atoms with Crippen molar-refractivity contribution in [1.29, 1.82) is 0 Å². The second kappa shape index (κ2) is 5.20. The molecule has 0 radical (unpaired) electrons. The van der Waals surface area contributed by atoms with Crippen LogP contribution in [0.1, 0.15) is 18.1 Å². The van der Waals surface area contributed by atoms with Gasteiger partial charge in [0.25, 0.3) is 5.56 Å². The Labute approximate surface area is 119 Å². The summed E-state index contributed by atoms with van der Waals surface area (Å²) < 4.78 is 0.135. The van der Waals surface area contributed by atoms with Crippen LogP contribution in [0.2, 0.25) is 0 Å². The van der Waals surface area contributed by atoms with Crippen LogP contribution in [-0.4, -0.2) is 31.0 Å². The maximum Gasteiger partial charge on any atom is 0.286 e. The minimum absolute atomic E-state index is 0.135. The molecule has 0 amide bonds. The van der Waals surface area contributed by atoms with E-state index < -0.39 is 11.4 Å². The van der Waals surface area contributed by atoms with Crippen molar-refractivity contribution in [2.24, 2.45) is 4.99 Å². The van der Waals surface area contributed by atoms with Gasteiger partial charge in [-0.3, -0.25) is 9.79 Å². The SMILES string of the molecule is CC(=Nc1ccc(O)c(O)c1)c1c(C)cc(=O)n(O)c1O. The van der Waals surface area contributed by atoms with E-state index in [1.807, 2.05) is 0 Å². The van der Waals surface area contributed by atoms with E-state index >= 15 is 0 Å². The lowest BCUT2D eigenvalue weighted by Gasteiger charge is -2.10. The number of hydrogen-bond acceptors (Lipinski definition) is 6. The molecule has 21 heavy (non-hydrogen) atoms. The molecule has 1 aromatic carbocycles. The number of pyridine rings is 1. The van der Waals surface area contributed by atoms with Crippen molar-refractivity contribution in [3.63, 3.8) is 0 Å². The topological polar surface area (TPSA) is 115 Å². The zero-order valence-corrected chi connectivity index (χ0v) is 11.4. The van der Waals surface area contributed by atoms with Crippen molar-refractivity contribution in [1.82, 2.24) is 4.73 Å². The highest BCUT2D eigenvalue weighted by Crippen LogP contribution is 2.30. The molecule has 0 aliphatic heterocycles. The molecule has 0 spiro atoms. The average molecular weight is 290 g/mol. The minimum Gasteiger partial charge on any atom is -0.504 e. The van der Waals surface area contributed by atoms with Gasteiger partial charge >= 0.3 is 0 Å². The van der Waals surface area contributed by atoms with Crippen LogP contribution < -0.4 is 5.56 Å². The quantitative estimate of drug-likeness (QED) is 0.381. The van der Waals surface area contributed by atoms with Crippen molar-refractivity contribution < 1.29 is 20.5 Å². The summed E-state index contributed by atoms with van der Waals surface area (Å²) >= 11 is 0. The van der Waals surface area contributed by atoms with Crippen LogP contribution in [0.25, 0.3) is 0 Å². The Bertz CT molecular complexity index is 793. The summed E-state index contributed by atoms with van der Waals surface area (Å²) in [7, 11) is 0. The van der Waals surface area contributed by atoms with Gasteiger partial charge in [0.1, 0.15) is 0 Å². The predicted molar refractivity (Wildman–Crippen MR) is 75.9 cm³/mol. The van der Waals surface area contributed by atoms with Gasteiger partial charge in [-0.05, 0) is 31.5 Å². The molecule has 0 aliphatic carbocycles. The molecule has 0 saturated heterocycles. The second-order valence-corrected chi connectivity index (χ2v) is 4.55. The van der Waals surface area contributed by atoms with Gasteiger partial charge < -0.3 is 20.5 Å². The Morgan fingerprint density at radius 3 is 2.43 bits per heavy atom. The fraction of sp³-hybridized carbons (Fsp3) is 0.143. The monoisotopic (exact) mass is 290 g/mol. The summed E-state index contributed by atoms with van der Waals surface area (Å²) in [6, 6.07) is 5.17. The zero-order valence-electron chi connectivity index (χ0n) is 11.4. The van der Waals surface area contributed by atoms with Crippen molar-refractivity contribution in [2.45, 2.75) is 13.8 Å². The van der Waals surface area contributed by atoms with E-state index in [0.29, 0.717) is 17.0 Å². The van der Waals surface area contributed by atoms with Gasteiger partial charge in [0, 0.05) is 12.1 Å². The standard InChI is InChI=1S/C14H14N2O5/c1-7-5-12(19)16(21)14(20)13(7)8(2)15-9-3-4-10(17)11(18)6-9/h3-6,17-18,20-21H,1-2H3. The predicted octanol–water partition coefficient (Wildman–Crippen LogP) is 1.65. The second-order valence-electron chi connectivity index (χ2n) is 4.55. The number of aromatic hydroxyl groups is 3. The fourth-order valence-corrected chi connectivity index (χ4v) is 1.98. The van der Waals surface area contributed by atoms with Crippen LogP contribution in [0.5, 0.6) is 17.4 Å². The van der Waals surface area contributed by atoms with Gasteiger partial charge in [-0.25, -0.2) is 0 Å². The van der Waals surface area contributed by atoms with E-state index in [4.69, 9.17) is 0 Å². The molecule has 0 aliphatic rings. The van der Waals surface area contributed by atoms with E-state index in [9.17, 15) is 25.3 Å². The largest absolute Gasteiger partial charge is 0.504 e. The third kappa shape index (κ3) is 2.66. The summed E-state index contributed by atoms with van der Waals surface area (Å²) in [5.41, 5.74) is 0.593. The highest BCUT2D eigenvalue weighted by Gasteiger charge is 2.15. The van der Waals surface area contributed by atoms with Crippen LogP contribution in [0.3, 0.4) is 0 Å². The minimum atomic E-state index is -0.746. The van der Waals surface area contributed by atoms with Crippen LogP contribution >= 0.6 is 0 Å². The first-order valence-electron chi connectivity index (χ1n) is 6.03. The summed E-state index contributed by atoms with van der Waals surface area (Å²) in [5, 5.41) is 37.9. The number of aliphatic imine (C=N–C) groups is 1. The number of hydrogen-bond donors (Lipinski definition) is 4. The summed E-state index contributed by atoms with van der Waals surface area (Å²) in [4.78, 5) is 15.5. The molecule has 7 heteroatoms. The Morgan fingerprint density at radius 1 is 1.14 bits per heavy atom. The lowest BCUT2D eigenvalue weighted by Crippen LogP contribution is -2.20. The van der Waals surface area contributed by atoms with E-state index in [0.717, 1.165) is 0 Å². The normalized spacial score (nSPS) is 11.6. The first-order valence-corrected chi connectivity index (χ1v) is 6.03. The molecule has 0 bridgehead atoms. The third-order valence-corrected chi connectivity index (χ3v) is 2.98. The van der Waals surface area contributed by atoms with Gasteiger partial charge in [0.05, 0.1) is 17.0 Å². The van der Waals surface area contributed by atoms with Gasteiger partial charge in [-0.2, -0.15) is 0 Å². The molecule has 0 fully saturated rings. The fourth-order valence-electron chi connectivity index (χ4n) is 1.98. The van der Waals surface area contributed by atoms with Crippen LogP contribution in [0.4, 0.5) is 5.69 Å². The molecule has 1 aromatic heterocycles. The molecule has 4 N–H and O–H groups in total. The molecular formula is C14H14N2O5. The maximum absolute atomic E-state index is 11.3. The number of aromatic nitrogens is 1. The Kier molecular flexibility index (Phi) is 3.58. The van der Waals surface area contributed by atoms with E-state index in [1.54, 1.807) is 13.8 Å². The number of phenols is 2. The van der Waals surface area contributed by atoms with Gasteiger partial charge in [-0.1, -0.05) is 0 Å². The van der Waals surface area contributed by atoms with Crippen LogP contribution in [0.15, 0.2) is 34.1 Å². The number of phenolic OH excluding ortho intramolecular Hbond substituents is 2. The van der Waals surface area contributed by atoms with Crippen LogP contribution in [0, 0.1) is 6.92 Å². The van der Waals surface area contributed by atoms with E-state index in [-0.39, 0.29) is 21.8 Å². The third-order valence-electron chi connectivity index (χ3n) is 2.98. The lowest BCUT2D eigenvalue weighted by atomic mass is 10.1. The number of aryl methyl sites for hydroxylation is 1. The molecule has 0 atom stereocenters. The smallest absolute Gasteiger partial charge is 0.286 e. The summed E-state index contributed by atoms with van der Waals surface area (Å²) in [6.45, 7) is 3.18. The van der Waals surface area contributed by atoms with Crippen molar-refractivity contribution in [3.05, 3.63) is 45.7 Å². The Hall–Kier alpha value is -2.96. The Balaban J connectivity index is 2.56. The average Bonchev–Trinajstić information content (AvgIpc) is 2.40. The molecule has 7 nitrogen and oxygen atoms in total. The molecular weight excluding hydrogens is 276 g/mol. The molecule has 2 rings (SSSR count). The highest BCUT2D eigenvalue weighted by atomic mass is 16.5. The van der Waals surface area contributed by atoms with Gasteiger partial charge in [0.2, 0.25) is 5.88 Å². The number of nitrogens with zero attached hydrogens (tertiary/aromatic N) is 2. The van der Waals surface area contributed by atoms with Crippen molar-refractivity contribution in [3.8, 4) is 17.4 Å². The maximum atomic E-state index is 11.3. The highest BCUT2D eigenvalue weighted by molar-refractivity contribution is 6.03. The van der Waals surface area contributed by atoms with E-state index in [1.165, 1.54) is 24.3 Å². The molecule has 0 saturated carbocycles. The van der Waals surface area contributed by atoms with Crippen molar-refractivity contribution in [2.75, 3.05) is 0 Å². The lowest BCUT2D eigenvalue weighted by molar-refractivity contribution is 0.143. The summed E-state index contributed by atoms with van der Waals surface area (Å²) in [6.07, 6.45) is 0. The number of rotatable bonds is 2. The molecule has 0 unspecified atom stereocenters. The zero-order chi connectivity index (χ0) is 15.7. The van der Waals surface area contributed by atoms with Crippen LogP contribution in [-0.2, 0) is 0 Å². The first-order chi connectivity index (χ1) is 9.81. The Morgan fingerprint density at radius 2 is 1.81 bits per heavy atom. The van der Waals surface area contributed by atoms with Gasteiger partial charge in [0.15, 0.2) is 11.5 Å². The first kappa shape index (κ1) is 14.4.